The third kappa shape index (κ3) is 3.85. The van der Waals surface area contributed by atoms with Gasteiger partial charge in [0.1, 0.15) is 12.0 Å². The van der Waals surface area contributed by atoms with Gasteiger partial charge in [-0.1, -0.05) is 23.5 Å². The molecule has 2 aromatic carbocycles. The first kappa shape index (κ1) is 19.5. The lowest BCUT2D eigenvalue weighted by Gasteiger charge is -2.14. The van der Waals surface area contributed by atoms with Crippen molar-refractivity contribution in [1.82, 2.24) is 9.38 Å². The number of hydrogen-bond donors (Lipinski definition) is 2. The lowest BCUT2D eigenvalue weighted by Crippen LogP contribution is -2.12. The molecule has 4 aromatic rings. The number of fused-ring (bicyclic) bond motifs is 1. The molecule has 0 saturated heterocycles. The summed E-state index contributed by atoms with van der Waals surface area (Å²) in [6.45, 7) is 1.86. The van der Waals surface area contributed by atoms with Gasteiger partial charge >= 0.3 is 5.82 Å². The second-order valence-electron chi connectivity index (χ2n) is 6.55. The van der Waals surface area contributed by atoms with E-state index in [2.05, 4.69) is 15.6 Å². The molecule has 10 heteroatoms. The van der Waals surface area contributed by atoms with Crippen molar-refractivity contribution in [3.05, 3.63) is 87.2 Å². The molecule has 0 aliphatic carbocycles. The average molecular weight is 425 g/mol. The number of anilines is 2. The van der Waals surface area contributed by atoms with Crippen LogP contribution in [0.3, 0.4) is 0 Å². The van der Waals surface area contributed by atoms with Crippen LogP contribution < -0.4 is 10.6 Å². The zero-order valence-electron chi connectivity index (χ0n) is 15.7. The number of nitro groups is 1. The Hall–Kier alpha value is -3.79. The Balaban J connectivity index is 1.47. The second-order valence-corrected chi connectivity index (χ2v) is 7.42. The standard InChI is InChI=1S/C20H16FN5O3S/c1-12(22-17-19(26(28)29)25-10-11-30-20(25)24-17)13-4-8-16(9-5-13)23-18(27)14-2-6-15(21)7-3-14/h2-12,22H,1H3,(H,23,27). The van der Waals surface area contributed by atoms with Gasteiger partial charge in [0.2, 0.25) is 5.82 Å². The van der Waals surface area contributed by atoms with Crippen molar-refractivity contribution in [2.45, 2.75) is 13.0 Å². The number of rotatable bonds is 6. The predicted octanol–water partition coefficient (Wildman–Crippen LogP) is 4.87. The molecule has 0 fully saturated rings. The Kier molecular flexibility index (Phi) is 5.15. The van der Waals surface area contributed by atoms with Crippen LogP contribution in [-0.4, -0.2) is 20.2 Å². The highest BCUT2D eigenvalue weighted by molar-refractivity contribution is 7.15. The summed E-state index contributed by atoms with van der Waals surface area (Å²) in [4.78, 5) is 28.0. The van der Waals surface area contributed by atoms with Crippen molar-refractivity contribution in [3.63, 3.8) is 0 Å². The molecule has 0 bridgehead atoms. The molecule has 1 atom stereocenters. The number of imidazole rings is 1. The van der Waals surface area contributed by atoms with Crippen molar-refractivity contribution >= 4 is 39.5 Å². The molecular formula is C20H16FN5O3S. The van der Waals surface area contributed by atoms with E-state index >= 15 is 0 Å². The lowest BCUT2D eigenvalue weighted by atomic mass is 10.1. The molecule has 1 amide bonds. The fourth-order valence-corrected chi connectivity index (χ4v) is 3.70. The van der Waals surface area contributed by atoms with Crippen LogP contribution in [0.5, 0.6) is 0 Å². The minimum atomic E-state index is -0.462. The Morgan fingerprint density at radius 3 is 2.57 bits per heavy atom. The van der Waals surface area contributed by atoms with E-state index in [9.17, 15) is 19.3 Å². The highest BCUT2D eigenvalue weighted by Gasteiger charge is 2.24. The molecule has 0 spiro atoms. The molecule has 2 heterocycles. The first-order valence-electron chi connectivity index (χ1n) is 8.96. The molecule has 30 heavy (non-hydrogen) atoms. The zero-order valence-corrected chi connectivity index (χ0v) is 16.5. The second kappa shape index (κ2) is 7.91. The molecule has 4 rings (SSSR count). The van der Waals surface area contributed by atoms with Gasteiger partial charge in [0.15, 0.2) is 0 Å². The van der Waals surface area contributed by atoms with Crippen molar-refractivity contribution in [1.29, 1.82) is 0 Å². The van der Waals surface area contributed by atoms with E-state index in [4.69, 9.17) is 0 Å². The largest absolute Gasteiger partial charge is 0.372 e. The topological polar surface area (TPSA) is 102 Å². The van der Waals surface area contributed by atoms with Gasteiger partial charge in [-0.15, -0.1) is 0 Å². The number of hydrogen-bond acceptors (Lipinski definition) is 6. The third-order valence-electron chi connectivity index (χ3n) is 4.54. The number of nitrogens with one attached hydrogen (secondary N) is 2. The van der Waals surface area contributed by atoms with E-state index in [0.29, 0.717) is 16.2 Å². The Bertz CT molecular complexity index is 1220. The van der Waals surface area contributed by atoms with Gasteiger partial charge in [-0.25, -0.2) is 4.39 Å². The summed E-state index contributed by atoms with van der Waals surface area (Å²) in [7, 11) is 0. The van der Waals surface area contributed by atoms with Crippen molar-refractivity contribution in [3.8, 4) is 0 Å². The molecule has 0 aliphatic rings. The van der Waals surface area contributed by atoms with Gasteiger partial charge in [-0.05, 0) is 53.8 Å². The van der Waals surface area contributed by atoms with E-state index in [0.717, 1.165) is 5.56 Å². The normalized spacial score (nSPS) is 11.9. The molecule has 152 valence electrons. The van der Waals surface area contributed by atoms with Crippen LogP contribution in [-0.2, 0) is 0 Å². The summed E-state index contributed by atoms with van der Waals surface area (Å²) in [6, 6.07) is 12.1. The zero-order chi connectivity index (χ0) is 21.3. The molecule has 2 N–H and O–H groups in total. The molecule has 0 radical (unpaired) electrons. The number of nitrogens with zero attached hydrogens (tertiary/aromatic N) is 3. The van der Waals surface area contributed by atoms with E-state index < -0.39 is 10.7 Å². The minimum absolute atomic E-state index is 0.110. The molecule has 0 aliphatic heterocycles. The number of benzene rings is 2. The fourth-order valence-electron chi connectivity index (χ4n) is 2.99. The van der Waals surface area contributed by atoms with Crippen LogP contribution in [0.15, 0.2) is 60.1 Å². The van der Waals surface area contributed by atoms with Crippen molar-refractivity contribution in [2.24, 2.45) is 0 Å². The van der Waals surface area contributed by atoms with Gasteiger partial charge < -0.3 is 20.7 Å². The van der Waals surface area contributed by atoms with Crippen LogP contribution in [0.4, 0.5) is 21.7 Å². The number of amides is 1. The maximum Gasteiger partial charge on any atom is 0.372 e. The maximum absolute atomic E-state index is 13.0. The molecule has 2 aromatic heterocycles. The highest BCUT2D eigenvalue weighted by atomic mass is 32.1. The van der Waals surface area contributed by atoms with Crippen LogP contribution in [0.1, 0.15) is 28.9 Å². The Morgan fingerprint density at radius 1 is 1.20 bits per heavy atom. The van der Waals surface area contributed by atoms with Gasteiger partial charge in [-0.2, -0.15) is 9.38 Å². The first-order chi connectivity index (χ1) is 14.4. The quantitative estimate of drug-likeness (QED) is 0.339. The molecule has 1 unspecified atom stereocenters. The molecule has 8 nitrogen and oxygen atoms in total. The Morgan fingerprint density at radius 2 is 1.90 bits per heavy atom. The highest BCUT2D eigenvalue weighted by Crippen LogP contribution is 2.31. The number of halogens is 1. The number of thiazole rings is 1. The van der Waals surface area contributed by atoms with Crippen LogP contribution in [0.25, 0.3) is 4.96 Å². The number of aromatic nitrogens is 2. The average Bonchev–Trinajstić information content (AvgIpc) is 3.29. The number of carbonyl (C=O) groups excluding carboxylic acids is 1. The smallest absolute Gasteiger partial charge is 0.358 e. The van der Waals surface area contributed by atoms with Crippen LogP contribution in [0.2, 0.25) is 0 Å². The molecular weight excluding hydrogens is 409 g/mol. The van der Waals surface area contributed by atoms with Gasteiger partial charge in [0.05, 0.1) is 6.04 Å². The van der Waals surface area contributed by atoms with Gasteiger partial charge in [0, 0.05) is 16.6 Å². The summed E-state index contributed by atoms with van der Waals surface area (Å²) in [5, 5.41) is 19.0. The summed E-state index contributed by atoms with van der Waals surface area (Å²) < 4.78 is 14.4. The SMILES string of the molecule is CC(Nc1nc2sccn2c1[N+](=O)[O-])c1ccc(NC(=O)c2ccc(F)cc2)cc1. The van der Waals surface area contributed by atoms with Gasteiger partial charge in [-0.3, -0.25) is 4.79 Å². The van der Waals surface area contributed by atoms with Crippen molar-refractivity contribution in [2.75, 3.05) is 10.6 Å². The Labute approximate surface area is 174 Å². The fraction of sp³-hybridized carbons (Fsp3) is 0.100. The molecule has 0 saturated carbocycles. The monoisotopic (exact) mass is 425 g/mol. The third-order valence-corrected chi connectivity index (χ3v) is 5.29. The van der Waals surface area contributed by atoms with E-state index in [1.165, 1.54) is 40.0 Å². The van der Waals surface area contributed by atoms with E-state index in [1.807, 2.05) is 19.1 Å². The minimum Gasteiger partial charge on any atom is -0.358 e. The predicted molar refractivity (Wildman–Crippen MR) is 113 cm³/mol. The van der Waals surface area contributed by atoms with Crippen molar-refractivity contribution < 1.29 is 14.1 Å². The summed E-state index contributed by atoms with van der Waals surface area (Å²) in [5.41, 5.74) is 1.79. The van der Waals surface area contributed by atoms with E-state index in [-0.39, 0.29) is 23.6 Å². The van der Waals surface area contributed by atoms with Gasteiger partial charge in [0.25, 0.3) is 10.9 Å². The maximum atomic E-state index is 13.0. The van der Waals surface area contributed by atoms with Crippen LogP contribution >= 0.6 is 11.3 Å². The lowest BCUT2D eigenvalue weighted by molar-refractivity contribution is -0.389. The summed E-state index contributed by atoms with van der Waals surface area (Å²) in [6.07, 6.45) is 1.61. The first-order valence-corrected chi connectivity index (χ1v) is 9.83. The summed E-state index contributed by atoms with van der Waals surface area (Å²) >= 11 is 1.32. The number of carbonyl (C=O) groups is 1. The summed E-state index contributed by atoms with van der Waals surface area (Å²) in [5.74, 6) is -0.660. The van der Waals surface area contributed by atoms with E-state index in [1.54, 1.807) is 23.7 Å². The van der Waals surface area contributed by atoms with Crippen LogP contribution in [0, 0.1) is 15.9 Å².